The number of amides is 2. The summed E-state index contributed by atoms with van der Waals surface area (Å²) in [6.07, 6.45) is 0.892. The number of carbonyl (C=O) groups is 3. The van der Waals surface area contributed by atoms with Crippen molar-refractivity contribution in [2.45, 2.75) is 17.7 Å². The van der Waals surface area contributed by atoms with E-state index in [0.29, 0.717) is 4.47 Å². The highest BCUT2D eigenvalue weighted by Crippen LogP contribution is 2.26. The van der Waals surface area contributed by atoms with Gasteiger partial charge in [0, 0.05) is 29.9 Å². The second kappa shape index (κ2) is 9.66. The molecule has 0 saturated heterocycles. The molecule has 154 valence electrons. The summed E-state index contributed by atoms with van der Waals surface area (Å²) in [6, 6.07) is 10.5. The SMILES string of the molecule is CNC(=O)CCC(=O)Oc1ccccc1C(=O)Nc1ccc(Br)c(S(C)(=O)=O)c1. The van der Waals surface area contributed by atoms with Crippen LogP contribution in [0, 0.1) is 0 Å². The fourth-order valence-corrected chi connectivity index (χ4v) is 4.21. The second-order valence-electron chi connectivity index (χ2n) is 6.01. The van der Waals surface area contributed by atoms with E-state index < -0.39 is 21.7 Å². The van der Waals surface area contributed by atoms with Crippen LogP contribution < -0.4 is 15.4 Å². The predicted molar refractivity (Wildman–Crippen MR) is 111 cm³/mol. The molecule has 0 atom stereocenters. The number of esters is 1. The van der Waals surface area contributed by atoms with Crippen molar-refractivity contribution < 1.29 is 27.5 Å². The molecular formula is C19H19BrN2O6S. The van der Waals surface area contributed by atoms with E-state index in [9.17, 15) is 22.8 Å². The Balaban J connectivity index is 2.18. The number of ether oxygens (including phenoxy) is 1. The third-order valence-corrected chi connectivity index (χ3v) is 5.87. The molecule has 0 spiro atoms. The van der Waals surface area contributed by atoms with Gasteiger partial charge in [0.05, 0.1) is 16.9 Å². The monoisotopic (exact) mass is 482 g/mol. The van der Waals surface area contributed by atoms with E-state index >= 15 is 0 Å². The number of carbonyl (C=O) groups excluding carboxylic acids is 3. The minimum atomic E-state index is -3.50. The van der Waals surface area contributed by atoms with Gasteiger partial charge in [-0.3, -0.25) is 14.4 Å². The van der Waals surface area contributed by atoms with E-state index in [0.717, 1.165) is 6.26 Å². The van der Waals surface area contributed by atoms with Crippen LogP contribution in [-0.2, 0) is 19.4 Å². The Labute approximate surface area is 176 Å². The van der Waals surface area contributed by atoms with Gasteiger partial charge in [-0.05, 0) is 46.3 Å². The van der Waals surface area contributed by atoms with Gasteiger partial charge in [0.15, 0.2) is 9.84 Å². The fourth-order valence-electron chi connectivity index (χ4n) is 2.32. The van der Waals surface area contributed by atoms with Crippen molar-refractivity contribution in [1.82, 2.24) is 5.32 Å². The lowest BCUT2D eigenvalue weighted by Crippen LogP contribution is -2.20. The largest absolute Gasteiger partial charge is 0.426 e. The molecule has 2 rings (SSSR count). The molecule has 10 heteroatoms. The molecule has 0 unspecified atom stereocenters. The van der Waals surface area contributed by atoms with Gasteiger partial charge in [0.1, 0.15) is 5.75 Å². The summed E-state index contributed by atoms with van der Waals surface area (Å²) in [5.74, 6) is -1.50. The van der Waals surface area contributed by atoms with Crippen LogP contribution in [0.4, 0.5) is 5.69 Å². The van der Waals surface area contributed by atoms with Crippen LogP contribution in [-0.4, -0.2) is 39.5 Å². The molecule has 8 nitrogen and oxygen atoms in total. The zero-order valence-electron chi connectivity index (χ0n) is 15.7. The van der Waals surface area contributed by atoms with Crippen molar-refractivity contribution in [1.29, 1.82) is 0 Å². The molecule has 2 aromatic carbocycles. The molecule has 0 aliphatic rings. The van der Waals surface area contributed by atoms with Crippen molar-refractivity contribution in [2.75, 3.05) is 18.6 Å². The quantitative estimate of drug-likeness (QED) is 0.462. The minimum absolute atomic E-state index is 0.0309. The van der Waals surface area contributed by atoms with Gasteiger partial charge in [0.25, 0.3) is 5.91 Å². The Kier molecular flexibility index (Phi) is 7.52. The normalized spacial score (nSPS) is 10.9. The van der Waals surface area contributed by atoms with Crippen molar-refractivity contribution in [3.05, 3.63) is 52.5 Å². The van der Waals surface area contributed by atoms with Gasteiger partial charge in [-0.1, -0.05) is 12.1 Å². The zero-order valence-corrected chi connectivity index (χ0v) is 18.1. The van der Waals surface area contributed by atoms with E-state index in [4.69, 9.17) is 4.74 Å². The van der Waals surface area contributed by atoms with Gasteiger partial charge >= 0.3 is 5.97 Å². The Morgan fingerprint density at radius 1 is 1.07 bits per heavy atom. The Morgan fingerprint density at radius 3 is 2.41 bits per heavy atom. The lowest BCUT2D eigenvalue weighted by molar-refractivity contribution is -0.136. The molecule has 29 heavy (non-hydrogen) atoms. The van der Waals surface area contributed by atoms with Crippen LogP contribution in [0.15, 0.2) is 51.8 Å². The topological polar surface area (TPSA) is 119 Å². The van der Waals surface area contributed by atoms with Gasteiger partial charge < -0.3 is 15.4 Å². The summed E-state index contributed by atoms with van der Waals surface area (Å²) in [7, 11) is -2.03. The molecule has 0 fully saturated rings. The van der Waals surface area contributed by atoms with Crippen molar-refractivity contribution >= 4 is 49.2 Å². The molecule has 0 aromatic heterocycles. The second-order valence-corrected chi connectivity index (χ2v) is 8.85. The average Bonchev–Trinajstić information content (AvgIpc) is 2.67. The third-order valence-electron chi connectivity index (χ3n) is 3.78. The number of hydrogen-bond acceptors (Lipinski definition) is 6. The number of anilines is 1. The van der Waals surface area contributed by atoms with Crippen LogP contribution in [0.1, 0.15) is 23.2 Å². The van der Waals surface area contributed by atoms with Crippen molar-refractivity contribution in [3.8, 4) is 5.75 Å². The van der Waals surface area contributed by atoms with E-state index in [2.05, 4.69) is 26.6 Å². The first kappa shape index (κ1) is 22.6. The number of halogens is 1. The number of rotatable bonds is 7. The fraction of sp³-hybridized carbons (Fsp3) is 0.211. The summed E-state index contributed by atoms with van der Waals surface area (Å²) in [5.41, 5.74) is 0.351. The Morgan fingerprint density at radius 2 is 1.76 bits per heavy atom. The molecule has 0 aliphatic carbocycles. The number of para-hydroxylation sites is 1. The summed E-state index contributed by atoms with van der Waals surface area (Å²) in [4.78, 5) is 35.9. The molecule has 0 saturated carbocycles. The van der Waals surface area contributed by atoms with Crippen LogP contribution >= 0.6 is 15.9 Å². The maximum Gasteiger partial charge on any atom is 0.311 e. The lowest BCUT2D eigenvalue weighted by atomic mass is 10.1. The number of nitrogens with one attached hydrogen (secondary N) is 2. The Hall–Kier alpha value is -2.72. The Bertz CT molecular complexity index is 1050. The van der Waals surface area contributed by atoms with E-state index in [1.807, 2.05) is 0 Å². The highest BCUT2D eigenvalue weighted by molar-refractivity contribution is 9.10. The molecule has 2 amide bonds. The summed E-state index contributed by atoms with van der Waals surface area (Å²) >= 11 is 3.17. The summed E-state index contributed by atoms with van der Waals surface area (Å²) in [5, 5.41) is 4.99. The maximum absolute atomic E-state index is 12.6. The van der Waals surface area contributed by atoms with Gasteiger partial charge in [-0.2, -0.15) is 0 Å². The van der Waals surface area contributed by atoms with E-state index in [-0.39, 0.29) is 40.6 Å². The number of hydrogen-bond donors (Lipinski definition) is 2. The number of benzene rings is 2. The van der Waals surface area contributed by atoms with Crippen LogP contribution in [0.25, 0.3) is 0 Å². The van der Waals surface area contributed by atoms with Crippen molar-refractivity contribution in [3.63, 3.8) is 0 Å². The molecule has 0 aliphatic heterocycles. The smallest absolute Gasteiger partial charge is 0.311 e. The molecule has 0 bridgehead atoms. The number of sulfone groups is 1. The third kappa shape index (κ3) is 6.40. The van der Waals surface area contributed by atoms with E-state index in [1.54, 1.807) is 12.1 Å². The minimum Gasteiger partial charge on any atom is -0.426 e. The molecule has 2 aromatic rings. The lowest BCUT2D eigenvalue weighted by Gasteiger charge is -2.11. The van der Waals surface area contributed by atoms with E-state index in [1.165, 1.54) is 37.4 Å². The molecular weight excluding hydrogens is 464 g/mol. The summed E-state index contributed by atoms with van der Waals surface area (Å²) in [6.45, 7) is 0. The standard InChI is InChI=1S/C19H19BrN2O6S/c1-21-17(23)9-10-18(24)28-15-6-4-3-5-13(15)19(25)22-12-7-8-14(20)16(11-12)29(2,26)27/h3-8,11H,9-10H2,1-2H3,(H,21,23)(H,22,25). The van der Waals surface area contributed by atoms with Gasteiger partial charge in [-0.25, -0.2) is 8.42 Å². The molecule has 0 radical (unpaired) electrons. The maximum atomic E-state index is 12.6. The van der Waals surface area contributed by atoms with Gasteiger partial charge in [-0.15, -0.1) is 0 Å². The molecule has 0 heterocycles. The zero-order chi connectivity index (χ0) is 21.6. The first-order chi connectivity index (χ1) is 13.6. The summed E-state index contributed by atoms with van der Waals surface area (Å²) < 4.78 is 29.3. The highest BCUT2D eigenvalue weighted by atomic mass is 79.9. The van der Waals surface area contributed by atoms with Crippen molar-refractivity contribution in [2.24, 2.45) is 0 Å². The van der Waals surface area contributed by atoms with Crippen LogP contribution in [0.3, 0.4) is 0 Å². The highest BCUT2D eigenvalue weighted by Gasteiger charge is 2.18. The first-order valence-electron chi connectivity index (χ1n) is 8.43. The average molecular weight is 483 g/mol. The molecule has 2 N–H and O–H groups in total. The van der Waals surface area contributed by atoms with Crippen LogP contribution in [0.5, 0.6) is 5.75 Å². The van der Waals surface area contributed by atoms with Gasteiger partial charge in [0.2, 0.25) is 5.91 Å². The first-order valence-corrected chi connectivity index (χ1v) is 11.1. The van der Waals surface area contributed by atoms with Crippen LogP contribution in [0.2, 0.25) is 0 Å². The predicted octanol–water partition coefficient (Wildman–Crippen LogP) is 2.54.